The molecule has 69 heavy (non-hydrogen) atoms. The number of rotatable bonds is 30. The topological polar surface area (TPSA) is 213 Å². The minimum atomic E-state index is -1.30. The van der Waals surface area contributed by atoms with Crippen LogP contribution in [0.3, 0.4) is 0 Å². The number of ether oxygens (including phenoxy) is 4. The van der Waals surface area contributed by atoms with Crippen molar-refractivity contribution in [3.63, 3.8) is 0 Å². The van der Waals surface area contributed by atoms with E-state index in [-0.39, 0.29) is 80.5 Å². The fraction of sp³-hybridized carbons (Fsp3) is 0.571. The van der Waals surface area contributed by atoms with E-state index >= 15 is 8.78 Å². The Hall–Kier alpha value is -4.83. The number of nitrogens with zero attached hydrogens (tertiary/aromatic N) is 2. The number of carbonyl (C=O) groups is 5. The van der Waals surface area contributed by atoms with E-state index in [0.29, 0.717) is 70.3 Å². The molecule has 0 saturated carbocycles. The van der Waals surface area contributed by atoms with Crippen LogP contribution in [-0.2, 0) is 49.5 Å². The van der Waals surface area contributed by atoms with Crippen LogP contribution in [0.1, 0.15) is 64.8 Å². The van der Waals surface area contributed by atoms with E-state index in [1.54, 1.807) is 24.1 Å². The Morgan fingerprint density at radius 3 is 2.10 bits per heavy atom. The van der Waals surface area contributed by atoms with Crippen molar-refractivity contribution in [3.05, 3.63) is 83.7 Å². The Labute approximate surface area is 407 Å². The third-order valence-corrected chi connectivity index (χ3v) is 11.8. The molecular formula is C49H71F3N6O10S. The van der Waals surface area contributed by atoms with Gasteiger partial charge in [-0.25, -0.2) is 18.0 Å². The van der Waals surface area contributed by atoms with Gasteiger partial charge in [0.1, 0.15) is 29.6 Å². The number of thioether (sulfide) groups is 1. The smallest absolute Gasteiger partial charge is 0.327 e. The van der Waals surface area contributed by atoms with Gasteiger partial charge >= 0.3 is 5.97 Å². The number of amides is 3. The van der Waals surface area contributed by atoms with Crippen molar-refractivity contribution in [2.45, 2.75) is 72.3 Å². The molecule has 6 N–H and O–H groups in total. The van der Waals surface area contributed by atoms with Gasteiger partial charge in [0.15, 0.2) is 0 Å². The fourth-order valence-electron chi connectivity index (χ4n) is 7.15. The van der Waals surface area contributed by atoms with E-state index in [9.17, 15) is 33.5 Å². The lowest BCUT2D eigenvalue weighted by Crippen LogP contribution is -2.47. The maximum absolute atomic E-state index is 15.3. The molecule has 4 unspecified atom stereocenters. The van der Waals surface area contributed by atoms with Gasteiger partial charge in [0.2, 0.25) is 17.7 Å². The average molecular weight is 993 g/mol. The number of Topliss-reactive ketones (excluding diaryl/α,β-unsaturated/α-hetero) is 1. The standard InChI is InChI=1S/C45H63F3N6O9S.C4H8O/c1-45(2,3)43(39-21-32(35-22-34(46)9-10-36(35)47)27-53(39)26-31-7-5-4-6-8-31)54(28-33-24-50-25-37(33)48)42(57)30-64-29-38(44(58)59)52-40(55)11-13-60-15-17-62-19-20-63-18-16-61-14-12-51-41(56)23-49;1-3-4(2)5/h4-10,21-22,27,33,37-38,43,50H,11-20,23-26,28-30,49H2,1-3H3,(H,51,56)(H,52,55)(H,58,59);3H2,1-2H3. The van der Waals surface area contributed by atoms with Gasteiger partial charge in [-0.1, -0.05) is 58.0 Å². The van der Waals surface area contributed by atoms with E-state index in [4.69, 9.17) is 24.7 Å². The number of aliphatic carboxylic acids is 1. The normalized spacial score (nSPS) is 15.4. The number of alkyl halides is 1. The Morgan fingerprint density at radius 1 is 0.913 bits per heavy atom. The molecule has 20 heteroatoms. The molecule has 1 fully saturated rings. The zero-order valence-corrected chi connectivity index (χ0v) is 41.3. The Bertz CT molecular complexity index is 2040. The third kappa shape index (κ3) is 21.8. The minimum Gasteiger partial charge on any atom is -0.480 e. The molecule has 4 atom stereocenters. The van der Waals surface area contributed by atoms with E-state index in [1.807, 2.05) is 62.6 Å². The molecule has 16 nitrogen and oxygen atoms in total. The second-order valence-corrected chi connectivity index (χ2v) is 18.5. The summed E-state index contributed by atoms with van der Waals surface area (Å²) in [5, 5.41) is 18.1. The van der Waals surface area contributed by atoms with Crippen molar-refractivity contribution < 1.29 is 61.2 Å². The summed E-state index contributed by atoms with van der Waals surface area (Å²) in [5.74, 6) is -4.23. The van der Waals surface area contributed by atoms with Crippen molar-refractivity contribution >= 4 is 41.2 Å². The van der Waals surface area contributed by atoms with Gasteiger partial charge in [0.05, 0.1) is 71.2 Å². The molecule has 0 aliphatic carbocycles. The highest BCUT2D eigenvalue weighted by Crippen LogP contribution is 2.42. The molecular weight excluding hydrogens is 922 g/mol. The molecule has 384 valence electrons. The van der Waals surface area contributed by atoms with Crippen LogP contribution in [0.15, 0.2) is 60.8 Å². The molecule has 2 heterocycles. The van der Waals surface area contributed by atoms with E-state index < -0.39 is 53.1 Å². The molecule has 0 bridgehead atoms. The SMILES string of the molecule is CC(C)(C)C(c1cc(-c2cc(F)ccc2F)cn1Cc1ccccc1)N(CC1CNCC1F)C(=O)CSCC(NC(=O)CCOCCOCCOCCOCCNC(=O)CN)C(=O)O.CCC(C)=O. The summed E-state index contributed by atoms with van der Waals surface area (Å²) < 4.78 is 68.5. The van der Waals surface area contributed by atoms with Crippen molar-refractivity contribution in [3.8, 4) is 11.1 Å². The Morgan fingerprint density at radius 2 is 1.54 bits per heavy atom. The first kappa shape index (κ1) is 58.5. The molecule has 4 rings (SSSR count). The third-order valence-electron chi connectivity index (χ3n) is 10.8. The number of hydrogen-bond acceptors (Lipinski definition) is 12. The van der Waals surface area contributed by atoms with E-state index in [2.05, 4.69) is 16.0 Å². The minimum absolute atomic E-state index is 0.0288. The number of aromatic nitrogens is 1. The van der Waals surface area contributed by atoms with Crippen LogP contribution in [0.4, 0.5) is 13.2 Å². The molecule has 3 aromatic rings. The predicted molar refractivity (Wildman–Crippen MR) is 258 cm³/mol. The number of benzene rings is 2. The lowest BCUT2D eigenvalue weighted by Gasteiger charge is -2.42. The maximum Gasteiger partial charge on any atom is 0.327 e. The number of carboxylic acids is 1. The lowest BCUT2D eigenvalue weighted by atomic mass is 9.82. The average Bonchev–Trinajstić information content (AvgIpc) is 3.92. The predicted octanol–water partition coefficient (Wildman–Crippen LogP) is 4.77. The highest BCUT2D eigenvalue weighted by Gasteiger charge is 2.40. The summed E-state index contributed by atoms with van der Waals surface area (Å²) in [4.78, 5) is 61.9. The second-order valence-electron chi connectivity index (χ2n) is 17.4. The molecule has 0 spiro atoms. The monoisotopic (exact) mass is 992 g/mol. The highest BCUT2D eigenvalue weighted by molar-refractivity contribution is 8.00. The highest BCUT2D eigenvalue weighted by atomic mass is 32.2. The first-order valence-electron chi connectivity index (χ1n) is 23.2. The second kappa shape index (κ2) is 31.4. The van der Waals surface area contributed by atoms with Crippen LogP contribution in [0, 0.1) is 23.0 Å². The molecule has 1 aliphatic rings. The van der Waals surface area contributed by atoms with Crippen LogP contribution < -0.4 is 21.7 Å². The summed E-state index contributed by atoms with van der Waals surface area (Å²) in [6, 6.07) is 12.6. The number of halogens is 3. The maximum atomic E-state index is 15.3. The van der Waals surface area contributed by atoms with Crippen LogP contribution >= 0.6 is 11.8 Å². The molecule has 3 amide bonds. The van der Waals surface area contributed by atoms with Gasteiger partial charge in [-0.3, -0.25) is 14.4 Å². The number of ketones is 1. The number of carboxylic acid groups (broad SMARTS) is 1. The van der Waals surface area contributed by atoms with Crippen LogP contribution in [0.2, 0.25) is 0 Å². The molecule has 1 aromatic heterocycles. The van der Waals surface area contributed by atoms with Crippen molar-refractivity contribution in [2.75, 3.05) is 97.1 Å². The number of hydrogen-bond donors (Lipinski definition) is 5. The van der Waals surface area contributed by atoms with Crippen LogP contribution in [0.25, 0.3) is 11.1 Å². The Kier molecular flexibility index (Phi) is 26.6. The summed E-state index contributed by atoms with van der Waals surface area (Å²) in [6.45, 7) is 12.7. The molecule has 1 aliphatic heterocycles. The molecule has 1 saturated heterocycles. The fourth-order valence-corrected chi connectivity index (χ4v) is 8.07. The van der Waals surface area contributed by atoms with E-state index in [1.165, 1.54) is 0 Å². The van der Waals surface area contributed by atoms with Gasteiger partial charge in [-0.15, -0.1) is 11.8 Å². The largest absolute Gasteiger partial charge is 0.480 e. The Balaban J connectivity index is 0.00000239. The van der Waals surface area contributed by atoms with E-state index in [0.717, 1.165) is 35.5 Å². The summed E-state index contributed by atoms with van der Waals surface area (Å²) >= 11 is 1.04. The van der Waals surface area contributed by atoms with Crippen LogP contribution in [-0.4, -0.2) is 153 Å². The van der Waals surface area contributed by atoms with Gasteiger partial charge in [0, 0.05) is 80.3 Å². The van der Waals surface area contributed by atoms with Gasteiger partial charge < -0.3 is 60.0 Å². The molecule has 0 radical (unpaired) electrons. The first-order chi connectivity index (χ1) is 32.9. The quantitative estimate of drug-likeness (QED) is 0.0571. The summed E-state index contributed by atoms with van der Waals surface area (Å²) in [6.07, 6.45) is 1.09. The molecule has 2 aromatic carbocycles. The lowest BCUT2D eigenvalue weighted by molar-refractivity contribution is -0.141. The van der Waals surface area contributed by atoms with Crippen molar-refractivity contribution in [1.29, 1.82) is 0 Å². The summed E-state index contributed by atoms with van der Waals surface area (Å²) in [7, 11) is 0. The van der Waals surface area contributed by atoms with Gasteiger partial charge in [-0.05, 0) is 42.2 Å². The van der Waals surface area contributed by atoms with Gasteiger partial charge in [-0.2, -0.15) is 0 Å². The number of carbonyl (C=O) groups excluding carboxylic acids is 4. The summed E-state index contributed by atoms with van der Waals surface area (Å²) in [5.41, 5.74) is 6.58. The van der Waals surface area contributed by atoms with Crippen molar-refractivity contribution in [2.24, 2.45) is 17.1 Å². The first-order valence-corrected chi connectivity index (χ1v) is 24.3. The van der Waals surface area contributed by atoms with Gasteiger partial charge in [0.25, 0.3) is 0 Å². The van der Waals surface area contributed by atoms with Crippen LogP contribution in [0.5, 0.6) is 0 Å². The zero-order valence-electron chi connectivity index (χ0n) is 40.4. The van der Waals surface area contributed by atoms with Crippen molar-refractivity contribution in [1.82, 2.24) is 25.4 Å². The number of nitrogens with one attached hydrogen (secondary N) is 3. The number of nitrogens with two attached hydrogens (primary N) is 1. The zero-order chi connectivity index (χ0) is 50.8.